The van der Waals surface area contributed by atoms with E-state index in [1.807, 2.05) is 78.9 Å². The highest BCUT2D eigenvalue weighted by atomic mass is 16.5. The van der Waals surface area contributed by atoms with Gasteiger partial charge in [-0.25, -0.2) is 4.79 Å². The quantitative estimate of drug-likeness (QED) is 0.289. The fourth-order valence-corrected chi connectivity index (χ4v) is 4.93. The number of aromatic nitrogens is 1. The largest absolute Gasteiger partial charge is 0.464 e. The third kappa shape index (κ3) is 2.39. The van der Waals surface area contributed by atoms with Crippen molar-refractivity contribution in [2.75, 3.05) is 7.11 Å². The number of hydrogen-bond acceptors (Lipinski definition) is 4. The minimum absolute atomic E-state index is 0.369. The summed E-state index contributed by atoms with van der Waals surface area (Å²) in [5.41, 5.74) is 5.73. The summed E-state index contributed by atoms with van der Waals surface area (Å²) in [7, 11) is 1.39. The highest BCUT2D eigenvalue weighted by Gasteiger charge is 2.26. The van der Waals surface area contributed by atoms with Crippen LogP contribution < -0.4 is 0 Å². The Hall–Kier alpha value is -4.51. The molecule has 0 radical (unpaired) electrons. The molecule has 0 fully saturated rings. The number of fused-ring (bicyclic) bond motifs is 8. The van der Waals surface area contributed by atoms with Gasteiger partial charge in [-0.1, -0.05) is 54.6 Å². The van der Waals surface area contributed by atoms with Crippen molar-refractivity contribution in [3.05, 3.63) is 84.6 Å². The SMILES string of the molecule is COC(=O)c1[nH]c2ccc3c4ccccc4oc3c2c1-c1cccc2c1oc1ccccc12. The molecule has 0 unspecified atom stereocenters. The van der Waals surface area contributed by atoms with Gasteiger partial charge < -0.3 is 18.6 Å². The topological polar surface area (TPSA) is 68.4 Å². The second-order valence-electron chi connectivity index (χ2n) is 8.11. The lowest BCUT2D eigenvalue weighted by atomic mass is 9.98. The third-order valence-corrected chi connectivity index (χ3v) is 6.37. The van der Waals surface area contributed by atoms with E-state index >= 15 is 0 Å². The molecule has 4 aromatic carbocycles. The maximum absolute atomic E-state index is 12.9. The van der Waals surface area contributed by atoms with Gasteiger partial charge in [-0.3, -0.25) is 0 Å². The van der Waals surface area contributed by atoms with Crippen molar-refractivity contribution in [1.29, 1.82) is 0 Å². The Labute approximate surface area is 187 Å². The van der Waals surface area contributed by atoms with Gasteiger partial charge in [0, 0.05) is 32.7 Å². The lowest BCUT2D eigenvalue weighted by Crippen LogP contribution is -2.03. The number of hydrogen-bond donors (Lipinski definition) is 1. The summed E-state index contributed by atoms with van der Waals surface area (Å²) < 4.78 is 17.8. The smallest absolute Gasteiger partial charge is 0.355 e. The Morgan fingerprint density at radius 1 is 0.727 bits per heavy atom. The van der Waals surface area contributed by atoms with E-state index in [4.69, 9.17) is 13.6 Å². The van der Waals surface area contributed by atoms with Crippen molar-refractivity contribution in [2.24, 2.45) is 0 Å². The first-order chi connectivity index (χ1) is 16.2. The van der Waals surface area contributed by atoms with Gasteiger partial charge in [0.15, 0.2) is 0 Å². The molecule has 0 atom stereocenters. The van der Waals surface area contributed by atoms with Crippen LogP contribution in [0.5, 0.6) is 0 Å². The fraction of sp³-hybridized carbons (Fsp3) is 0.0357. The second kappa shape index (κ2) is 6.50. The number of benzene rings is 4. The molecule has 1 N–H and O–H groups in total. The zero-order valence-electron chi connectivity index (χ0n) is 17.6. The van der Waals surface area contributed by atoms with E-state index in [2.05, 4.69) is 4.98 Å². The number of ether oxygens (including phenoxy) is 1. The van der Waals surface area contributed by atoms with Gasteiger partial charge in [0.05, 0.1) is 18.0 Å². The van der Waals surface area contributed by atoms with Crippen LogP contribution in [-0.2, 0) is 4.74 Å². The number of H-pyrrole nitrogens is 1. The van der Waals surface area contributed by atoms with Crippen LogP contribution in [0.15, 0.2) is 87.7 Å². The minimum Gasteiger partial charge on any atom is -0.464 e. The van der Waals surface area contributed by atoms with Gasteiger partial charge in [-0.2, -0.15) is 0 Å². The number of nitrogens with one attached hydrogen (secondary N) is 1. The molecule has 0 aliphatic rings. The highest BCUT2D eigenvalue weighted by Crippen LogP contribution is 2.44. The van der Waals surface area contributed by atoms with Crippen molar-refractivity contribution in [2.45, 2.75) is 0 Å². The molecule has 3 aromatic heterocycles. The van der Waals surface area contributed by atoms with Gasteiger partial charge in [-0.05, 0) is 24.3 Å². The number of aromatic amines is 1. The first kappa shape index (κ1) is 18.1. The van der Waals surface area contributed by atoms with Crippen LogP contribution in [0, 0.1) is 0 Å². The van der Waals surface area contributed by atoms with E-state index in [0.29, 0.717) is 11.3 Å². The Balaban J connectivity index is 1.69. The van der Waals surface area contributed by atoms with Crippen LogP contribution in [0.4, 0.5) is 0 Å². The van der Waals surface area contributed by atoms with E-state index < -0.39 is 5.97 Å². The molecule has 33 heavy (non-hydrogen) atoms. The summed E-state index contributed by atoms with van der Waals surface area (Å²) in [6.07, 6.45) is 0. The molecular weight excluding hydrogens is 414 g/mol. The van der Waals surface area contributed by atoms with Crippen LogP contribution in [0.1, 0.15) is 10.5 Å². The molecule has 0 saturated heterocycles. The van der Waals surface area contributed by atoms with Gasteiger partial charge in [-0.15, -0.1) is 0 Å². The zero-order valence-corrected chi connectivity index (χ0v) is 17.6. The Morgan fingerprint density at radius 2 is 1.36 bits per heavy atom. The summed E-state index contributed by atoms with van der Waals surface area (Å²) in [5.74, 6) is -0.446. The van der Waals surface area contributed by atoms with Crippen molar-refractivity contribution < 1.29 is 18.4 Å². The summed E-state index contributed by atoms with van der Waals surface area (Å²) >= 11 is 0. The molecule has 0 bridgehead atoms. The maximum atomic E-state index is 12.9. The molecule has 3 heterocycles. The molecule has 0 aliphatic heterocycles. The van der Waals surface area contributed by atoms with E-state index in [1.54, 1.807) is 0 Å². The Kier molecular flexibility index (Phi) is 3.56. The lowest BCUT2D eigenvalue weighted by molar-refractivity contribution is 0.0596. The number of esters is 1. The predicted molar refractivity (Wildman–Crippen MR) is 130 cm³/mol. The molecule has 5 heteroatoms. The van der Waals surface area contributed by atoms with Crippen molar-refractivity contribution in [1.82, 2.24) is 4.98 Å². The molecule has 158 valence electrons. The normalized spacial score (nSPS) is 11.9. The molecule has 7 aromatic rings. The van der Waals surface area contributed by atoms with Gasteiger partial charge in [0.25, 0.3) is 0 Å². The molecule has 0 amide bonds. The average molecular weight is 431 g/mol. The van der Waals surface area contributed by atoms with Gasteiger partial charge in [0.1, 0.15) is 28.0 Å². The van der Waals surface area contributed by atoms with Crippen LogP contribution in [0.2, 0.25) is 0 Å². The van der Waals surface area contributed by atoms with Crippen LogP contribution in [0.25, 0.3) is 65.9 Å². The van der Waals surface area contributed by atoms with Crippen LogP contribution >= 0.6 is 0 Å². The van der Waals surface area contributed by atoms with Crippen LogP contribution in [-0.4, -0.2) is 18.1 Å². The standard InChI is InChI=1S/C28H17NO4/c1-31-28(30)25-23(19-10-6-9-17-15-7-2-4-11-21(15)32-26(17)19)24-20(29-25)14-13-18-16-8-3-5-12-22(16)33-27(18)24/h2-14,29H,1H3. The Bertz CT molecular complexity index is 1880. The van der Waals surface area contributed by atoms with Crippen molar-refractivity contribution in [3.63, 3.8) is 0 Å². The maximum Gasteiger partial charge on any atom is 0.355 e. The van der Waals surface area contributed by atoms with Gasteiger partial charge >= 0.3 is 5.97 Å². The number of furan rings is 2. The summed E-state index contributed by atoms with van der Waals surface area (Å²) in [6.45, 7) is 0. The fourth-order valence-electron chi connectivity index (χ4n) is 4.93. The van der Waals surface area contributed by atoms with Crippen molar-refractivity contribution >= 4 is 60.7 Å². The minimum atomic E-state index is -0.446. The summed E-state index contributed by atoms with van der Waals surface area (Å²) in [4.78, 5) is 16.2. The average Bonchev–Trinajstić information content (AvgIpc) is 3.54. The van der Waals surface area contributed by atoms with E-state index in [0.717, 1.165) is 60.3 Å². The van der Waals surface area contributed by atoms with Gasteiger partial charge in [0.2, 0.25) is 0 Å². The second-order valence-corrected chi connectivity index (χ2v) is 8.11. The summed E-state index contributed by atoms with van der Waals surface area (Å²) in [5, 5.41) is 4.87. The van der Waals surface area contributed by atoms with E-state index in [9.17, 15) is 4.79 Å². The Morgan fingerprint density at radius 3 is 2.09 bits per heavy atom. The monoisotopic (exact) mass is 431 g/mol. The first-order valence-electron chi connectivity index (χ1n) is 10.7. The van der Waals surface area contributed by atoms with Crippen LogP contribution in [0.3, 0.4) is 0 Å². The number of methoxy groups -OCH3 is 1. The molecule has 7 rings (SSSR count). The summed E-state index contributed by atoms with van der Waals surface area (Å²) in [6, 6.07) is 25.9. The van der Waals surface area contributed by atoms with E-state index in [-0.39, 0.29) is 0 Å². The number of para-hydroxylation sites is 3. The number of rotatable bonds is 2. The van der Waals surface area contributed by atoms with E-state index in [1.165, 1.54) is 7.11 Å². The molecule has 0 saturated carbocycles. The predicted octanol–water partition coefficient (Wildman–Crippen LogP) is 7.42. The third-order valence-electron chi connectivity index (χ3n) is 6.37. The zero-order chi connectivity index (χ0) is 22.1. The number of carbonyl (C=O) groups is 1. The molecular formula is C28H17NO4. The highest BCUT2D eigenvalue weighted by molar-refractivity contribution is 6.23. The lowest BCUT2D eigenvalue weighted by Gasteiger charge is -2.05. The molecule has 0 aliphatic carbocycles. The number of carbonyl (C=O) groups excluding carboxylic acids is 1. The molecule has 0 spiro atoms. The first-order valence-corrected chi connectivity index (χ1v) is 10.7. The molecule has 5 nitrogen and oxygen atoms in total. The van der Waals surface area contributed by atoms with Crippen molar-refractivity contribution in [3.8, 4) is 11.1 Å².